The fraction of sp³-hybridized carbons (Fsp3) is 0.696. The molecule has 0 bridgehead atoms. The Labute approximate surface area is 176 Å². The van der Waals surface area contributed by atoms with Crippen molar-refractivity contribution in [1.29, 1.82) is 0 Å². The van der Waals surface area contributed by atoms with Gasteiger partial charge in [-0.1, -0.05) is 31.1 Å². The van der Waals surface area contributed by atoms with E-state index in [1.165, 1.54) is 19.8 Å². The van der Waals surface area contributed by atoms with Gasteiger partial charge in [0.15, 0.2) is 0 Å². The van der Waals surface area contributed by atoms with Crippen LogP contribution in [0.3, 0.4) is 0 Å². The molecule has 0 aromatic carbocycles. The molecule has 164 valence electrons. The largest absolute Gasteiger partial charge is 0.508 e. The molecule has 2 fully saturated rings. The number of ketones is 1. The van der Waals surface area contributed by atoms with E-state index < -0.39 is 23.8 Å². The number of methoxy groups -OCH3 is 2. The molecule has 0 radical (unpaired) electrons. The number of carbonyl (C=O) groups excluding carboxylic acids is 3. The average molecular weight is 418 g/mol. The maximum atomic E-state index is 12.7. The summed E-state index contributed by atoms with van der Waals surface area (Å²) < 4.78 is 20.5. The highest BCUT2D eigenvalue weighted by Crippen LogP contribution is 2.62. The van der Waals surface area contributed by atoms with Gasteiger partial charge < -0.3 is 18.9 Å². The number of ether oxygens (including phenoxy) is 4. The summed E-state index contributed by atoms with van der Waals surface area (Å²) in [5, 5.41) is 0. The van der Waals surface area contributed by atoms with E-state index >= 15 is 0 Å². The maximum absolute atomic E-state index is 12.7. The first-order chi connectivity index (χ1) is 14.2. The molecular weight excluding hydrogens is 388 g/mol. The van der Waals surface area contributed by atoms with E-state index in [0.29, 0.717) is 18.6 Å². The first kappa shape index (κ1) is 20.9. The Morgan fingerprint density at radius 2 is 1.77 bits per heavy atom. The standard InChI is InChI=1S/C23H30O7/c1-22-9-7-14(29-20(25)27-3)11-13(22)12-17(30-21(26)28-4)19-15-5-6-18(24)23(15,2)10-8-16(19)22/h8,12,14-15,17,19H,5-7,9-11H2,1-4H3/t14?,15?,17-,19?,22?,23?/m0/s1. The fourth-order valence-electron chi connectivity index (χ4n) is 6.23. The van der Waals surface area contributed by atoms with Crippen LogP contribution in [0.25, 0.3) is 0 Å². The van der Waals surface area contributed by atoms with Gasteiger partial charge in [0, 0.05) is 29.6 Å². The third kappa shape index (κ3) is 3.13. The number of allylic oxidation sites excluding steroid dienone is 1. The maximum Gasteiger partial charge on any atom is 0.508 e. The molecule has 4 aliphatic carbocycles. The second-order valence-corrected chi connectivity index (χ2v) is 9.37. The molecule has 0 saturated heterocycles. The molecule has 0 aromatic rings. The minimum absolute atomic E-state index is 0.0406. The highest BCUT2D eigenvalue weighted by Gasteiger charge is 2.58. The normalized spacial score (nSPS) is 39.5. The average Bonchev–Trinajstić information content (AvgIpc) is 3.03. The summed E-state index contributed by atoms with van der Waals surface area (Å²) in [6, 6.07) is 0. The molecule has 0 amide bonds. The molecule has 30 heavy (non-hydrogen) atoms. The van der Waals surface area contributed by atoms with Crippen molar-refractivity contribution in [2.24, 2.45) is 22.7 Å². The van der Waals surface area contributed by atoms with Crippen molar-refractivity contribution in [2.75, 3.05) is 14.2 Å². The summed E-state index contributed by atoms with van der Waals surface area (Å²) in [7, 11) is 2.59. The zero-order valence-corrected chi connectivity index (χ0v) is 18.1. The fourth-order valence-corrected chi connectivity index (χ4v) is 6.23. The van der Waals surface area contributed by atoms with Crippen LogP contribution in [0.2, 0.25) is 0 Å². The van der Waals surface area contributed by atoms with Crippen LogP contribution in [0.5, 0.6) is 0 Å². The summed E-state index contributed by atoms with van der Waals surface area (Å²) in [5.74, 6) is 0.397. The number of rotatable bonds is 2. The lowest BCUT2D eigenvalue weighted by Gasteiger charge is -2.53. The Morgan fingerprint density at radius 3 is 2.47 bits per heavy atom. The van der Waals surface area contributed by atoms with Gasteiger partial charge in [0.05, 0.1) is 14.2 Å². The molecule has 0 aliphatic heterocycles. The van der Waals surface area contributed by atoms with E-state index in [9.17, 15) is 14.4 Å². The number of hydrogen-bond acceptors (Lipinski definition) is 7. The molecule has 6 atom stereocenters. The van der Waals surface area contributed by atoms with Gasteiger partial charge in [-0.05, 0) is 37.7 Å². The molecule has 4 rings (SSSR count). The van der Waals surface area contributed by atoms with Gasteiger partial charge >= 0.3 is 12.3 Å². The third-order valence-corrected chi connectivity index (χ3v) is 7.98. The minimum Gasteiger partial charge on any atom is -0.438 e. The summed E-state index contributed by atoms with van der Waals surface area (Å²) >= 11 is 0. The summed E-state index contributed by atoms with van der Waals surface area (Å²) in [6.07, 6.45) is 6.28. The Balaban J connectivity index is 1.72. The Kier molecular flexibility index (Phi) is 5.19. The van der Waals surface area contributed by atoms with Crippen molar-refractivity contribution < 1.29 is 33.3 Å². The van der Waals surface area contributed by atoms with Gasteiger partial charge in [-0.2, -0.15) is 0 Å². The van der Waals surface area contributed by atoms with Crippen LogP contribution in [-0.4, -0.2) is 44.5 Å². The van der Waals surface area contributed by atoms with Crippen molar-refractivity contribution in [1.82, 2.24) is 0 Å². The molecule has 0 N–H and O–H groups in total. The van der Waals surface area contributed by atoms with Gasteiger partial charge in [-0.3, -0.25) is 4.79 Å². The van der Waals surface area contributed by atoms with Gasteiger partial charge in [-0.15, -0.1) is 0 Å². The van der Waals surface area contributed by atoms with Crippen LogP contribution in [0.1, 0.15) is 52.4 Å². The van der Waals surface area contributed by atoms with Gasteiger partial charge in [0.25, 0.3) is 0 Å². The molecule has 0 spiro atoms. The number of fused-ring (bicyclic) bond motifs is 5. The van der Waals surface area contributed by atoms with Gasteiger partial charge in [-0.25, -0.2) is 9.59 Å². The smallest absolute Gasteiger partial charge is 0.438 e. The minimum atomic E-state index is -0.727. The molecule has 2 saturated carbocycles. The molecule has 0 heterocycles. The predicted molar refractivity (Wildman–Crippen MR) is 107 cm³/mol. The lowest BCUT2D eigenvalue weighted by molar-refractivity contribution is -0.127. The lowest BCUT2D eigenvalue weighted by atomic mass is 9.52. The van der Waals surface area contributed by atoms with E-state index in [4.69, 9.17) is 14.2 Å². The van der Waals surface area contributed by atoms with Gasteiger partial charge in [0.1, 0.15) is 18.0 Å². The van der Waals surface area contributed by atoms with Crippen molar-refractivity contribution >= 4 is 18.1 Å². The highest BCUT2D eigenvalue weighted by atomic mass is 16.7. The number of carbonyl (C=O) groups is 3. The molecule has 7 heteroatoms. The van der Waals surface area contributed by atoms with Crippen LogP contribution >= 0.6 is 0 Å². The van der Waals surface area contributed by atoms with Crippen molar-refractivity contribution in [3.05, 3.63) is 23.3 Å². The van der Waals surface area contributed by atoms with E-state index in [2.05, 4.69) is 24.7 Å². The molecular formula is C23H30O7. The SMILES string of the molecule is COC(=O)OC1CCC2(C)C(=C[C@H](OC(=O)OC)C3C2=CCC2(C)C(=O)CCC32)C1. The molecule has 5 unspecified atom stereocenters. The first-order valence-corrected chi connectivity index (χ1v) is 10.7. The second-order valence-electron chi connectivity index (χ2n) is 9.37. The van der Waals surface area contributed by atoms with Crippen LogP contribution < -0.4 is 0 Å². The number of Topliss-reactive ketones (excluding diaryl/α,β-unsaturated/α-hetero) is 1. The van der Waals surface area contributed by atoms with E-state index in [-0.39, 0.29) is 23.4 Å². The second kappa shape index (κ2) is 7.43. The van der Waals surface area contributed by atoms with Crippen LogP contribution in [0.4, 0.5) is 9.59 Å². The van der Waals surface area contributed by atoms with Gasteiger partial charge in [0.2, 0.25) is 0 Å². The van der Waals surface area contributed by atoms with E-state index in [0.717, 1.165) is 31.3 Å². The summed E-state index contributed by atoms with van der Waals surface area (Å²) in [4.78, 5) is 36.3. The summed E-state index contributed by atoms with van der Waals surface area (Å²) in [6.45, 7) is 4.28. The quantitative estimate of drug-likeness (QED) is 0.486. The van der Waals surface area contributed by atoms with Crippen LogP contribution in [-0.2, 0) is 23.7 Å². The molecule has 7 nitrogen and oxygen atoms in total. The van der Waals surface area contributed by atoms with Crippen molar-refractivity contribution in [3.63, 3.8) is 0 Å². The molecule has 0 aromatic heterocycles. The zero-order chi connectivity index (χ0) is 21.7. The van der Waals surface area contributed by atoms with Crippen LogP contribution in [0.15, 0.2) is 23.3 Å². The molecule has 4 aliphatic rings. The predicted octanol–water partition coefficient (Wildman–Crippen LogP) is 4.35. The first-order valence-electron chi connectivity index (χ1n) is 10.7. The monoisotopic (exact) mass is 418 g/mol. The third-order valence-electron chi connectivity index (χ3n) is 7.98. The summed E-state index contributed by atoms with van der Waals surface area (Å²) in [5.41, 5.74) is 1.76. The Morgan fingerprint density at radius 1 is 1.07 bits per heavy atom. The van der Waals surface area contributed by atoms with E-state index in [1.807, 2.05) is 6.08 Å². The van der Waals surface area contributed by atoms with Crippen molar-refractivity contribution in [3.8, 4) is 0 Å². The lowest BCUT2D eigenvalue weighted by Crippen LogP contribution is -2.50. The highest BCUT2D eigenvalue weighted by molar-refractivity contribution is 5.87. The van der Waals surface area contributed by atoms with Crippen molar-refractivity contribution in [2.45, 2.75) is 64.6 Å². The number of hydrogen-bond donors (Lipinski definition) is 0. The van der Waals surface area contributed by atoms with E-state index in [1.54, 1.807) is 0 Å². The topological polar surface area (TPSA) is 88.1 Å². The Hall–Kier alpha value is -2.31. The zero-order valence-electron chi connectivity index (χ0n) is 18.1. The van der Waals surface area contributed by atoms with Crippen LogP contribution in [0, 0.1) is 22.7 Å². The Bertz CT molecular complexity index is 827.